The molecule has 0 aliphatic rings. The van der Waals surface area contributed by atoms with Crippen LogP contribution in [0, 0.1) is 11.8 Å². The second-order valence-corrected chi connectivity index (χ2v) is 14.4. The monoisotopic (exact) mass is 681 g/mol. The van der Waals surface area contributed by atoms with Gasteiger partial charge in [0.05, 0.1) is 24.9 Å². The first kappa shape index (κ1) is 46.4. The predicted octanol–water partition coefficient (Wildman–Crippen LogP) is 10.7. The molecule has 3 unspecified atom stereocenters. The van der Waals surface area contributed by atoms with E-state index in [1.54, 1.807) is 4.90 Å². The zero-order valence-electron chi connectivity index (χ0n) is 32.5. The highest BCUT2D eigenvalue weighted by atomic mass is 16.5. The summed E-state index contributed by atoms with van der Waals surface area (Å²) in [7, 11) is 0. The number of ether oxygens (including phenoxy) is 2. The molecule has 0 aliphatic heterocycles. The van der Waals surface area contributed by atoms with Crippen LogP contribution in [0.4, 0.5) is 0 Å². The molecule has 0 bridgehead atoms. The van der Waals surface area contributed by atoms with Crippen molar-refractivity contribution in [3.05, 3.63) is 0 Å². The highest BCUT2D eigenvalue weighted by molar-refractivity contribution is 5.76. The standard InChI is InChI=1S/C41H80N2O5/c1-6-10-14-18-20-24-28-37(26-22-16-12-8-3)40(45)47-34-32-43(39(44)31-30-36(5)42)33-35-48-41(46)38(27-23-17-13-9-4)29-25-21-19-15-11-7-2/h36-38H,6-35,42H2,1-5H3. The van der Waals surface area contributed by atoms with Crippen LogP contribution >= 0.6 is 0 Å². The van der Waals surface area contributed by atoms with Gasteiger partial charge in [0.25, 0.3) is 0 Å². The lowest BCUT2D eigenvalue weighted by atomic mass is 9.94. The van der Waals surface area contributed by atoms with Gasteiger partial charge in [-0.2, -0.15) is 0 Å². The Balaban J connectivity index is 5.10. The predicted molar refractivity (Wildman–Crippen MR) is 202 cm³/mol. The van der Waals surface area contributed by atoms with Crippen molar-refractivity contribution in [2.24, 2.45) is 17.6 Å². The van der Waals surface area contributed by atoms with E-state index in [0.29, 0.717) is 25.9 Å². The van der Waals surface area contributed by atoms with Gasteiger partial charge < -0.3 is 20.1 Å². The molecule has 0 aliphatic carbocycles. The molecule has 0 radical (unpaired) electrons. The smallest absolute Gasteiger partial charge is 0.308 e. The summed E-state index contributed by atoms with van der Waals surface area (Å²) in [6.45, 7) is 11.7. The van der Waals surface area contributed by atoms with Gasteiger partial charge in [0.1, 0.15) is 13.2 Å². The van der Waals surface area contributed by atoms with Crippen molar-refractivity contribution in [1.29, 1.82) is 0 Å². The van der Waals surface area contributed by atoms with Crippen molar-refractivity contribution in [3.8, 4) is 0 Å². The molecule has 284 valence electrons. The maximum atomic E-state index is 13.2. The summed E-state index contributed by atoms with van der Waals surface area (Å²) in [5.41, 5.74) is 5.94. The molecule has 0 saturated heterocycles. The van der Waals surface area contributed by atoms with E-state index in [4.69, 9.17) is 15.2 Å². The Bertz CT molecular complexity index is 709. The van der Waals surface area contributed by atoms with Gasteiger partial charge in [-0.1, -0.05) is 156 Å². The SMILES string of the molecule is CCCCCCCCC(CCCCCC)C(=O)OCCN(CCOC(=O)C(CCCCCC)CCCCCCCC)C(=O)CCC(C)N. The Morgan fingerprint density at radius 3 is 1.15 bits per heavy atom. The molecule has 0 rings (SSSR count). The van der Waals surface area contributed by atoms with E-state index in [9.17, 15) is 14.4 Å². The number of unbranched alkanes of at least 4 members (excludes halogenated alkanes) is 16. The lowest BCUT2D eigenvalue weighted by molar-refractivity contribution is -0.152. The van der Waals surface area contributed by atoms with Gasteiger partial charge in [0, 0.05) is 12.5 Å². The van der Waals surface area contributed by atoms with Crippen LogP contribution in [0.1, 0.15) is 202 Å². The zero-order chi connectivity index (χ0) is 35.7. The summed E-state index contributed by atoms with van der Waals surface area (Å²) in [5.74, 6) is -0.440. The van der Waals surface area contributed by atoms with Crippen molar-refractivity contribution in [2.45, 2.75) is 208 Å². The molecule has 2 N–H and O–H groups in total. The normalized spacial score (nSPS) is 13.2. The summed E-state index contributed by atoms with van der Waals surface area (Å²) in [5, 5.41) is 0. The molecule has 0 aromatic carbocycles. The van der Waals surface area contributed by atoms with E-state index in [2.05, 4.69) is 27.7 Å². The van der Waals surface area contributed by atoms with Gasteiger partial charge in [0.15, 0.2) is 0 Å². The average Bonchev–Trinajstić information content (AvgIpc) is 3.07. The molecular weight excluding hydrogens is 600 g/mol. The van der Waals surface area contributed by atoms with Crippen LogP contribution in [0.2, 0.25) is 0 Å². The maximum Gasteiger partial charge on any atom is 0.308 e. The second-order valence-electron chi connectivity index (χ2n) is 14.4. The van der Waals surface area contributed by atoms with E-state index >= 15 is 0 Å². The zero-order valence-corrected chi connectivity index (χ0v) is 32.5. The first-order chi connectivity index (χ1) is 23.3. The van der Waals surface area contributed by atoms with E-state index in [-0.39, 0.29) is 48.9 Å². The van der Waals surface area contributed by atoms with Crippen LogP contribution in [0.5, 0.6) is 0 Å². The number of nitrogens with two attached hydrogens (primary N) is 1. The maximum absolute atomic E-state index is 13.2. The summed E-state index contributed by atoms with van der Waals surface area (Å²) >= 11 is 0. The number of carbonyl (C=O) groups excluding carboxylic acids is 3. The van der Waals surface area contributed by atoms with E-state index in [1.165, 1.54) is 77.0 Å². The Kier molecular flexibility index (Phi) is 32.7. The number of hydrogen-bond donors (Lipinski definition) is 1. The van der Waals surface area contributed by atoms with Crippen LogP contribution in [0.3, 0.4) is 0 Å². The summed E-state index contributed by atoms with van der Waals surface area (Å²) < 4.78 is 11.6. The van der Waals surface area contributed by atoms with Crippen LogP contribution in [0.25, 0.3) is 0 Å². The molecule has 3 atom stereocenters. The fourth-order valence-corrected chi connectivity index (χ4v) is 6.36. The average molecular weight is 681 g/mol. The number of carbonyl (C=O) groups is 3. The third kappa shape index (κ3) is 27.2. The third-order valence-corrected chi connectivity index (χ3v) is 9.67. The minimum Gasteiger partial charge on any atom is -0.464 e. The molecular formula is C41H80N2O5. The lowest BCUT2D eigenvalue weighted by Gasteiger charge is -2.24. The van der Waals surface area contributed by atoms with Gasteiger partial charge in [-0.3, -0.25) is 14.4 Å². The lowest BCUT2D eigenvalue weighted by Crippen LogP contribution is -2.38. The number of rotatable bonds is 35. The minimum absolute atomic E-state index is 0.0363. The van der Waals surface area contributed by atoms with Gasteiger partial charge >= 0.3 is 11.9 Å². The summed E-state index contributed by atoms with van der Waals surface area (Å²) in [6.07, 6.45) is 28.0. The van der Waals surface area contributed by atoms with Gasteiger partial charge in [-0.05, 0) is 39.0 Å². The first-order valence-corrected chi connectivity index (χ1v) is 20.7. The molecule has 0 aromatic rings. The molecule has 7 heteroatoms. The molecule has 0 heterocycles. The summed E-state index contributed by atoms with van der Waals surface area (Å²) in [4.78, 5) is 41.2. The Hall–Kier alpha value is -1.63. The van der Waals surface area contributed by atoms with Gasteiger partial charge in [0.2, 0.25) is 5.91 Å². The summed E-state index contributed by atoms with van der Waals surface area (Å²) in [6, 6.07) is -0.0719. The molecule has 0 fully saturated rings. The highest BCUT2D eigenvalue weighted by Gasteiger charge is 2.23. The van der Waals surface area contributed by atoms with E-state index < -0.39 is 0 Å². The number of esters is 2. The van der Waals surface area contributed by atoms with Crippen LogP contribution in [-0.2, 0) is 23.9 Å². The Labute approximate surface area is 297 Å². The quantitative estimate of drug-likeness (QED) is 0.0528. The van der Waals surface area contributed by atoms with Crippen LogP contribution < -0.4 is 5.73 Å². The number of nitrogens with zero attached hydrogens (tertiary/aromatic N) is 1. The number of amides is 1. The molecule has 0 spiro atoms. The first-order valence-electron chi connectivity index (χ1n) is 20.7. The molecule has 0 saturated carbocycles. The second kappa shape index (κ2) is 33.8. The van der Waals surface area contributed by atoms with Crippen LogP contribution in [0.15, 0.2) is 0 Å². The van der Waals surface area contributed by atoms with Crippen molar-refractivity contribution in [3.63, 3.8) is 0 Å². The van der Waals surface area contributed by atoms with Crippen molar-refractivity contribution < 1.29 is 23.9 Å². The highest BCUT2D eigenvalue weighted by Crippen LogP contribution is 2.22. The van der Waals surface area contributed by atoms with Crippen molar-refractivity contribution >= 4 is 17.8 Å². The van der Waals surface area contributed by atoms with Crippen molar-refractivity contribution in [2.75, 3.05) is 26.3 Å². The van der Waals surface area contributed by atoms with E-state index in [0.717, 1.165) is 77.0 Å². The Morgan fingerprint density at radius 2 is 0.812 bits per heavy atom. The largest absolute Gasteiger partial charge is 0.464 e. The molecule has 0 aromatic heterocycles. The van der Waals surface area contributed by atoms with Gasteiger partial charge in [-0.15, -0.1) is 0 Å². The van der Waals surface area contributed by atoms with Crippen LogP contribution in [-0.4, -0.2) is 55.1 Å². The van der Waals surface area contributed by atoms with E-state index in [1.807, 2.05) is 6.92 Å². The topological polar surface area (TPSA) is 98.9 Å². The molecule has 1 amide bonds. The fourth-order valence-electron chi connectivity index (χ4n) is 6.36. The molecule has 48 heavy (non-hydrogen) atoms. The fraction of sp³-hybridized carbons (Fsp3) is 0.927. The molecule has 7 nitrogen and oxygen atoms in total. The van der Waals surface area contributed by atoms with Crippen molar-refractivity contribution in [1.82, 2.24) is 4.90 Å². The third-order valence-electron chi connectivity index (χ3n) is 9.67. The number of hydrogen-bond acceptors (Lipinski definition) is 6. The Morgan fingerprint density at radius 1 is 0.500 bits per heavy atom. The minimum atomic E-state index is -0.130. The van der Waals surface area contributed by atoms with Gasteiger partial charge in [-0.25, -0.2) is 0 Å².